The van der Waals surface area contributed by atoms with Crippen molar-refractivity contribution in [2.75, 3.05) is 54.2 Å². The topological polar surface area (TPSA) is 72.5 Å². The van der Waals surface area contributed by atoms with E-state index in [0.29, 0.717) is 46.4 Å². The highest BCUT2D eigenvalue weighted by molar-refractivity contribution is 5.48. The zero-order valence-electron chi connectivity index (χ0n) is 15.1. The van der Waals surface area contributed by atoms with E-state index < -0.39 is 0 Å². The number of hydrogen-bond donors (Lipinski definition) is 0. The highest BCUT2D eigenvalue weighted by Gasteiger charge is 2.06. The summed E-state index contributed by atoms with van der Waals surface area (Å²) in [6, 6.07) is 0. The van der Waals surface area contributed by atoms with E-state index in [1.165, 1.54) is 0 Å². The molecule has 0 aromatic carbocycles. The molecule has 0 rings (SSSR count). The van der Waals surface area contributed by atoms with Gasteiger partial charge in [0.15, 0.2) is 6.29 Å². The normalized spacial score (nSPS) is 10.5. The summed E-state index contributed by atoms with van der Waals surface area (Å²) in [4.78, 5) is 9.75. The molecule has 7 heteroatoms. The second-order valence-electron chi connectivity index (χ2n) is 4.42. The molecule has 0 aliphatic heterocycles. The second-order valence-corrected chi connectivity index (χ2v) is 4.42. The highest BCUT2D eigenvalue weighted by Crippen LogP contribution is 2.04. The zero-order chi connectivity index (χ0) is 17.6. The fraction of sp³-hybridized carbons (Fsp3) is 0.938. The van der Waals surface area contributed by atoms with Crippen LogP contribution in [-0.2, 0) is 33.2 Å². The molecular weight excluding hydrogens is 304 g/mol. The highest BCUT2D eigenvalue weighted by atomic mass is 16.7. The molecule has 0 aliphatic carbocycles. The first-order valence-electron chi connectivity index (χ1n) is 8.06. The summed E-state index contributed by atoms with van der Waals surface area (Å²) in [6.07, 6.45) is 3.95. The van der Waals surface area contributed by atoms with Crippen LogP contribution in [0.2, 0.25) is 0 Å². The molecule has 0 saturated carbocycles. The average Bonchev–Trinajstić information content (AvgIpc) is 2.55. The van der Waals surface area contributed by atoms with Crippen LogP contribution >= 0.6 is 0 Å². The van der Waals surface area contributed by atoms with Gasteiger partial charge in [-0.2, -0.15) is 0 Å². The molecule has 0 aromatic heterocycles. The predicted octanol–water partition coefficient (Wildman–Crippen LogP) is 2.37. The molecule has 7 nitrogen and oxygen atoms in total. The number of aldehydes is 1. The van der Waals surface area contributed by atoms with Crippen molar-refractivity contribution >= 4 is 6.29 Å². The molecule has 140 valence electrons. The largest absolute Gasteiger partial charge is 0.359 e. The number of methoxy groups -OCH3 is 2. The van der Waals surface area contributed by atoms with Crippen molar-refractivity contribution in [2.24, 2.45) is 0 Å². The van der Waals surface area contributed by atoms with Crippen molar-refractivity contribution in [1.29, 1.82) is 0 Å². The molecule has 0 saturated heterocycles. The Kier molecular flexibility index (Phi) is 25.4. The van der Waals surface area contributed by atoms with Crippen LogP contribution in [0.4, 0.5) is 0 Å². The number of carbonyl (C=O) groups excluding carboxylic acids is 1. The first-order valence-corrected chi connectivity index (χ1v) is 8.06. The Bertz CT molecular complexity index is 209. The maximum Gasteiger partial charge on any atom is 0.157 e. The minimum absolute atomic E-state index is 0.0869. The molecule has 0 fully saturated rings. The summed E-state index contributed by atoms with van der Waals surface area (Å²) in [6.45, 7) is 7.26. The Hall–Kier alpha value is -0.570. The van der Waals surface area contributed by atoms with Gasteiger partial charge in [0.2, 0.25) is 0 Å². The van der Waals surface area contributed by atoms with Crippen LogP contribution in [0.3, 0.4) is 0 Å². The summed E-state index contributed by atoms with van der Waals surface area (Å²) >= 11 is 0. The van der Waals surface area contributed by atoms with Crippen molar-refractivity contribution < 1.29 is 33.2 Å². The predicted molar refractivity (Wildman–Crippen MR) is 87.2 cm³/mol. The van der Waals surface area contributed by atoms with Gasteiger partial charge in [0.1, 0.15) is 19.9 Å². The molecule has 23 heavy (non-hydrogen) atoms. The quantitative estimate of drug-likeness (QED) is 0.243. The molecule has 0 atom stereocenters. The van der Waals surface area contributed by atoms with E-state index >= 15 is 0 Å². The van der Waals surface area contributed by atoms with E-state index in [1.807, 2.05) is 13.8 Å². The Morgan fingerprint density at radius 3 is 1.83 bits per heavy atom. The first-order chi connectivity index (χ1) is 11.3. The summed E-state index contributed by atoms with van der Waals surface area (Å²) in [5.41, 5.74) is 0. The number of hydrogen-bond acceptors (Lipinski definition) is 7. The zero-order valence-corrected chi connectivity index (χ0v) is 15.1. The van der Waals surface area contributed by atoms with Gasteiger partial charge >= 0.3 is 0 Å². The van der Waals surface area contributed by atoms with Gasteiger partial charge in [-0.25, -0.2) is 0 Å². The summed E-state index contributed by atoms with van der Waals surface area (Å²) in [5.74, 6) is 0. The van der Waals surface area contributed by atoms with E-state index in [4.69, 9.17) is 23.7 Å². The Balaban J connectivity index is 0. The van der Waals surface area contributed by atoms with Crippen molar-refractivity contribution in [3.63, 3.8) is 0 Å². The van der Waals surface area contributed by atoms with Gasteiger partial charge < -0.3 is 33.2 Å². The van der Waals surface area contributed by atoms with Gasteiger partial charge in [-0.3, -0.25) is 0 Å². The van der Waals surface area contributed by atoms with Crippen molar-refractivity contribution in [3.8, 4) is 0 Å². The molecule has 0 heterocycles. The van der Waals surface area contributed by atoms with Crippen LogP contribution in [0.1, 0.15) is 39.5 Å². The summed E-state index contributed by atoms with van der Waals surface area (Å²) < 4.78 is 30.2. The maximum absolute atomic E-state index is 9.75. The van der Waals surface area contributed by atoms with Crippen LogP contribution in [0.25, 0.3) is 0 Å². The van der Waals surface area contributed by atoms with Crippen LogP contribution < -0.4 is 0 Å². The first kappa shape index (κ1) is 24.7. The van der Waals surface area contributed by atoms with Crippen LogP contribution in [0.15, 0.2) is 0 Å². The third-order valence-electron chi connectivity index (χ3n) is 2.45. The molecule has 0 amide bonds. The Labute approximate surface area is 140 Å². The van der Waals surface area contributed by atoms with Crippen LogP contribution in [0, 0.1) is 0 Å². The lowest BCUT2D eigenvalue weighted by Gasteiger charge is -2.16. The van der Waals surface area contributed by atoms with Gasteiger partial charge in [0.05, 0.1) is 0 Å². The maximum atomic E-state index is 9.75. The van der Waals surface area contributed by atoms with Crippen LogP contribution in [-0.4, -0.2) is 66.8 Å². The Morgan fingerprint density at radius 1 is 0.870 bits per heavy atom. The summed E-state index contributed by atoms with van der Waals surface area (Å²) in [7, 11) is 3.18. The van der Waals surface area contributed by atoms with Crippen molar-refractivity contribution in [3.05, 3.63) is 0 Å². The van der Waals surface area contributed by atoms with E-state index in [2.05, 4.69) is 4.74 Å². The molecule has 0 N–H and O–H groups in total. The van der Waals surface area contributed by atoms with E-state index in [9.17, 15) is 4.79 Å². The summed E-state index contributed by atoms with van der Waals surface area (Å²) in [5, 5.41) is 0. The lowest BCUT2D eigenvalue weighted by molar-refractivity contribution is -0.143. The van der Waals surface area contributed by atoms with E-state index in [-0.39, 0.29) is 6.29 Å². The minimum atomic E-state index is -0.0869. The van der Waals surface area contributed by atoms with Gasteiger partial charge in [-0.1, -0.05) is 0 Å². The van der Waals surface area contributed by atoms with Crippen molar-refractivity contribution in [2.45, 2.75) is 45.8 Å². The number of carbonyl (C=O) groups is 1. The third-order valence-corrected chi connectivity index (χ3v) is 2.45. The third kappa shape index (κ3) is 23.8. The average molecular weight is 338 g/mol. The number of rotatable bonds is 16. The van der Waals surface area contributed by atoms with Crippen molar-refractivity contribution in [1.82, 2.24) is 0 Å². The lowest BCUT2D eigenvalue weighted by atomic mass is 10.3. The number of unbranched alkanes of at least 4 members (excludes halogenated alkanes) is 1. The molecule has 0 spiro atoms. The van der Waals surface area contributed by atoms with Gasteiger partial charge in [-0.05, 0) is 26.7 Å². The standard InChI is InChI=1S/C10H22O4.C6H12O3/c1-4-13-10(14-5-2)7-6-8-12-9-11-3;1-8-6-9-5-3-2-4-7/h10H,4-9H2,1-3H3;4H,2-3,5-6H2,1H3. The molecular formula is C16H34O7. The number of ether oxygens (including phenoxy) is 6. The van der Waals surface area contributed by atoms with Gasteiger partial charge in [-0.15, -0.1) is 0 Å². The van der Waals surface area contributed by atoms with Crippen LogP contribution in [0.5, 0.6) is 0 Å². The fourth-order valence-corrected chi connectivity index (χ4v) is 1.49. The smallest absolute Gasteiger partial charge is 0.157 e. The molecule has 0 unspecified atom stereocenters. The van der Waals surface area contributed by atoms with Gasteiger partial charge in [0.25, 0.3) is 0 Å². The van der Waals surface area contributed by atoms with E-state index in [0.717, 1.165) is 25.5 Å². The molecule has 0 aromatic rings. The molecule has 0 aliphatic rings. The molecule has 0 radical (unpaired) electrons. The fourth-order valence-electron chi connectivity index (χ4n) is 1.49. The van der Waals surface area contributed by atoms with E-state index in [1.54, 1.807) is 14.2 Å². The Morgan fingerprint density at radius 2 is 1.39 bits per heavy atom. The minimum Gasteiger partial charge on any atom is -0.359 e. The van der Waals surface area contributed by atoms with Gasteiger partial charge in [0, 0.05) is 53.5 Å². The molecule has 0 bridgehead atoms. The second kappa shape index (κ2) is 23.7. The lowest BCUT2D eigenvalue weighted by Crippen LogP contribution is -2.18. The monoisotopic (exact) mass is 338 g/mol. The SMILES string of the molecule is CCOC(CCCOCOC)OCC.COCOCCCC=O.